The van der Waals surface area contributed by atoms with Crippen molar-refractivity contribution < 1.29 is 14.3 Å². The van der Waals surface area contributed by atoms with Crippen LogP contribution in [0.15, 0.2) is 36.4 Å². The Labute approximate surface area is 147 Å². The second-order valence-electron chi connectivity index (χ2n) is 5.26. The van der Waals surface area contributed by atoms with Gasteiger partial charge in [-0.1, -0.05) is 11.3 Å². The number of hydrogen-bond acceptors (Lipinski definition) is 7. The first-order chi connectivity index (χ1) is 12.0. The highest BCUT2D eigenvalue weighted by molar-refractivity contribution is 7.22. The molecule has 2 aromatic carbocycles. The molecular formula is C17H16N4O3S. The number of esters is 1. The highest BCUT2D eigenvalue weighted by Crippen LogP contribution is 2.27. The van der Waals surface area contributed by atoms with Crippen molar-refractivity contribution >= 4 is 49.9 Å². The molecule has 25 heavy (non-hydrogen) atoms. The highest BCUT2D eigenvalue weighted by atomic mass is 32.1. The van der Waals surface area contributed by atoms with Crippen LogP contribution in [0.2, 0.25) is 0 Å². The molecule has 0 atom stereocenters. The van der Waals surface area contributed by atoms with Gasteiger partial charge in [0.2, 0.25) is 0 Å². The molecule has 1 aromatic heterocycles. The topological polar surface area (TPSA) is 120 Å². The van der Waals surface area contributed by atoms with Crippen molar-refractivity contribution in [1.29, 1.82) is 0 Å². The summed E-state index contributed by atoms with van der Waals surface area (Å²) in [5.41, 5.74) is 13.7. The predicted octanol–water partition coefficient (Wildman–Crippen LogP) is 2.89. The Morgan fingerprint density at radius 3 is 2.52 bits per heavy atom. The van der Waals surface area contributed by atoms with Gasteiger partial charge >= 0.3 is 5.97 Å². The van der Waals surface area contributed by atoms with Crippen LogP contribution in [0.1, 0.15) is 27.6 Å². The first-order valence-electron chi connectivity index (χ1n) is 7.51. The molecule has 0 bridgehead atoms. The third-order valence-corrected chi connectivity index (χ3v) is 4.29. The number of hydrogen-bond donors (Lipinski definition) is 3. The molecule has 1 amide bonds. The molecule has 0 aliphatic carbocycles. The summed E-state index contributed by atoms with van der Waals surface area (Å²) in [7, 11) is 0. The molecule has 0 saturated heterocycles. The molecule has 128 valence electrons. The molecule has 3 rings (SSSR count). The summed E-state index contributed by atoms with van der Waals surface area (Å²) in [6.45, 7) is 2.06. The van der Waals surface area contributed by atoms with Crippen LogP contribution in [0.25, 0.3) is 10.2 Å². The first-order valence-corrected chi connectivity index (χ1v) is 8.33. The number of thiazole rings is 1. The van der Waals surface area contributed by atoms with E-state index in [1.165, 1.54) is 23.5 Å². The van der Waals surface area contributed by atoms with Crippen LogP contribution in [0, 0.1) is 0 Å². The standard InChI is InChI=1S/C17H16N4O3S/c1-2-24-16(23)9-3-4-13-14(7-9)25-17(20-13)21-15(22)10-5-11(18)8-12(19)6-10/h3-8H,2,18-19H2,1H3,(H,20,21,22). The van der Waals surface area contributed by atoms with E-state index in [0.29, 0.717) is 39.8 Å². The molecule has 0 radical (unpaired) electrons. The van der Waals surface area contributed by atoms with Crippen molar-refractivity contribution in [1.82, 2.24) is 4.98 Å². The summed E-state index contributed by atoms with van der Waals surface area (Å²) >= 11 is 1.26. The Kier molecular flexibility index (Phi) is 4.53. The molecule has 0 unspecified atom stereocenters. The van der Waals surface area contributed by atoms with Crippen molar-refractivity contribution in [2.45, 2.75) is 6.92 Å². The van der Waals surface area contributed by atoms with Crippen LogP contribution >= 0.6 is 11.3 Å². The van der Waals surface area contributed by atoms with Crippen LogP contribution in [0.4, 0.5) is 16.5 Å². The minimum atomic E-state index is -0.390. The summed E-state index contributed by atoms with van der Waals surface area (Å²) in [6.07, 6.45) is 0. The van der Waals surface area contributed by atoms with Crippen LogP contribution in [0.5, 0.6) is 0 Å². The fraction of sp³-hybridized carbons (Fsp3) is 0.118. The monoisotopic (exact) mass is 356 g/mol. The summed E-state index contributed by atoms with van der Waals surface area (Å²) in [5.74, 6) is -0.748. The van der Waals surface area contributed by atoms with E-state index in [-0.39, 0.29) is 5.91 Å². The summed E-state index contributed by atoms with van der Waals surface area (Å²) < 4.78 is 5.75. The lowest BCUT2D eigenvalue weighted by atomic mass is 10.1. The number of nitrogens with two attached hydrogens (primary N) is 2. The number of anilines is 3. The zero-order valence-electron chi connectivity index (χ0n) is 13.4. The van der Waals surface area contributed by atoms with Crippen LogP contribution in [-0.4, -0.2) is 23.5 Å². The maximum atomic E-state index is 12.3. The molecule has 0 spiro atoms. The van der Waals surface area contributed by atoms with Crippen molar-refractivity contribution in [2.75, 3.05) is 23.4 Å². The molecule has 5 N–H and O–H groups in total. The zero-order chi connectivity index (χ0) is 18.0. The summed E-state index contributed by atoms with van der Waals surface area (Å²) in [4.78, 5) is 28.5. The van der Waals surface area contributed by atoms with Crippen molar-refractivity contribution in [3.63, 3.8) is 0 Å². The average Bonchev–Trinajstić information content (AvgIpc) is 2.95. The molecule has 3 aromatic rings. The van der Waals surface area contributed by atoms with Crippen molar-refractivity contribution in [3.8, 4) is 0 Å². The number of nitrogen functional groups attached to an aromatic ring is 2. The average molecular weight is 356 g/mol. The Morgan fingerprint density at radius 1 is 1.12 bits per heavy atom. The molecule has 1 heterocycles. The van der Waals surface area contributed by atoms with Gasteiger partial charge in [-0.25, -0.2) is 9.78 Å². The third-order valence-electron chi connectivity index (χ3n) is 3.36. The number of carbonyl (C=O) groups is 2. The second kappa shape index (κ2) is 6.78. The number of aromatic nitrogens is 1. The van der Waals surface area contributed by atoms with Crippen molar-refractivity contribution in [2.24, 2.45) is 0 Å². The third kappa shape index (κ3) is 3.69. The smallest absolute Gasteiger partial charge is 0.338 e. The number of benzene rings is 2. The SMILES string of the molecule is CCOC(=O)c1ccc2nc(NC(=O)c3cc(N)cc(N)c3)sc2c1. The van der Waals surface area contributed by atoms with E-state index in [1.54, 1.807) is 31.2 Å². The zero-order valence-corrected chi connectivity index (χ0v) is 14.2. The van der Waals surface area contributed by atoms with Gasteiger partial charge in [-0.05, 0) is 43.3 Å². The Hall–Kier alpha value is -3.13. The molecule has 0 aliphatic heterocycles. The van der Waals surface area contributed by atoms with E-state index in [9.17, 15) is 9.59 Å². The Morgan fingerprint density at radius 2 is 1.84 bits per heavy atom. The van der Waals surface area contributed by atoms with Crippen LogP contribution < -0.4 is 16.8 Å². The number of nitrogens with one attached hydrogen (secondary N) is 1. The maximum Gasteiger partial charge on any atom is 0.338 e. The van der Waals surface area contributed by atoms with E-state index < -0.39 is 5.97 Å². The Bertz CT molecular complexity index is 947. The van der Waals surface area contributed by atoms with E-state index >= 15 is 0 Å². The van der Waals surface area contributed by atoms with Gasteiger partial charge in [0, 0.05) is 16.9 Å². The lowest BCUT2D eigenvalue weighted by Gasteiger charge is -2.04. The largest absolute Gasteiger partial charge is 0.462 e. The quantitative estimate of drug-likeness (QED) is 0.488. The van der Waals surface area contributed by atoms with Crippen LogP contribution in [0.3, 0.4) is 0 Å². The minimum absolute atomic E-state index is 0.310. The molecule has 0 saturated carbocycles. The van der Waals surface area contributed by atoms with Crippen molar-refractivity contribution in [3.05, 3.63) is 47.5 Å². The predicted molar refractivity (Wildman–Crippen MR) is 98.8 cm³/mol. The van der Waals surface area contributed by atoms with E-state index in [1.807, 2.05) is 0 Å². The van der Waals surface area contributed by atoms with Gasteiger partial charge in [0.25, 0.3) is 5.91 Å². The van der Waals surface area contributed by atoms with Gasteiger partial charge < -0.3 is 16.2 Å². The number of amides is 1. The van der Waals surface area contributed by atoms with E-state index in [4.69, 9.17) is 16.2 Å². The molecule has 0 aliphatic rings. The number of carbonyl (C=O) groups excluding carboxylic acids is 2. The summed E-state index contributed by atoms with van der Waals surface area (Å²) in [5, 5.41) is 3.14. The number of rotatable bonds is 4. The lowest BCUT2D eigenvalue weighted by molar-refractivity contribution is 0.0526. The van der Waals surface area contributed by atoms with Gasteiger partial charge in [-0.3, -0.25) is 10.1 Å². The molecule has 8 heteroatoms. The van der Waals surface area contributed by atoms with Gasteiger partial charge in [-0.15, -0.1) is 0 Å². The normalized spacial score (nSPS) is 10.6. The van der Waals surface area contributed by atoms with Crippen LogP contribution in [-0.2, 0) is 4.74 Å². The lowest BCUT2D eigenvalue weighted by Crippen LogP contribution is -2.12. The minimum Gasteiger partial charge on any atom is -0.462 e. The molecule has 7 nitrogen and oxygen atoms in total. The van der Waals surface area contributed by atoms with E-state index in [2.05, 4.69) is 10.3 Å². The number of ether oxygens (including phenoxy) is 1. The number of nitrogens with zero attached hydrogens (tertiary/aromatic N) is 1. The van der Waals surface area contributed by atoms with Gasteiger partial charge in [0.15, 0.2) is 5.13 Å². The molecular weight excluding hydrogens is 340 g/mol. The fourth-order valence-corrected chi connectivity index (χ4v) is 3.20. The first kappa shape index (κ1) is 16.7. The highest BCUT2D eigenvalue weighted by Gasteiger charge is 2.13. The number of fused-ring (bicyclic) bond motifs is 1. The second-order valence-corrected chi connectivity index (χ2v) is 6.30. The van der Waals surface area contributed by atoms with Gasteiger partial charge in [-0.2, -0.15) is 0 Å². The fourth-order valence-electron chi connectivity index (χ4n) is 2.30. The summed E-state index contributed by atoms with van der Waals surface area (Å²) in [6, 6.07) is 9.71. The van der Waals surface area contributed by atoms with Gasteiger partial charge in [0.1, 0.15) is 0 Å². The Balaban J connectivity index is 1.84. The maximum absolute atomic E-state index is 12.3. The van der Waals surface area contributed by atoms with Gasteiger partial charge in [0.05, 0.1) is 22.4 Å². The molecule has 0 fully saturated rings. The van der Waals surface area contributed by atoms with E-state index in [0.717, 1.165) is 4.70 Å².